The predicted molar refractivity (Wildman–Crippen MR) is 153 cm³/mol. The van der Waals surface area contributed by atoms with Gasteiger partial charge in [-0.15, -0.1) is 0 Å². The van der Waals surface area contributed by atoms with Crippen LogP contribution >= 0.6 is 0 Å². The van der Waals surface area contributed by atoms with Crippen LogP contribution < -0.4 is 32.5 Å². The number of H-pyrrole nitrogens is 1. The van der Waals surface area contributed by atoms with Crippen molar-refractivity contribution in [3.63, 3.8) is 0 Å². The monoisotopic (exact) mass is 680 g/mol. The fourth-order valence-electron chi connectivity index (χ4n) is 5.03. The molecule has 20 nitrogen and oxygen atoms in total. The molecule has 21 heteroatoms. The van der Waals surface area contributed by atoms with Gasteiger partial charge in [0, 0.05) is 20.0 Å². The smallest absolute Gasteiger partial charge is 0.336 e. The van der Waals surface area contributed by atoms with Crippen LogP contribution in [-0.4, -0.2) is 146 Å². The summed E-state index contributed by atoms with van der Waals surface area (Å²) in [7, 11) is 0. The number of amides is 4. The minimum atomic E-state index is -1.73. The molecular formula is C26H41FN6O14. The molecule has 266 valence electrons. The first-order valence-corrected chi connectivity index (χ1v) is 14.8. The highest BCUT2D eigenvalue weighted by molar-refractivity contribution is 5.76. The van der Waals surface area contributed by atoms with E-state index >= 15 is 0 Å². The van der Waals surface area contributed by atoms with Crippen molar-refractivity contribution < 1.29 is 63.6 Å². The third-order valence-corrected chi connectivity index (χ3v) is 7.49. The molecule has 3 rings (SSSR count). The molecule has 1 aromatic rings. The number of aromatic amines is 1. The Hall–Kier alpha value is -3.54. The Bertz CT molecular complexity index is 1330. The maximum Gasteiger partial charge on any atom is 0.336 e. The molecule has 2 saturated heterocycles. The third kappa shape index (κ3) is 9.98. The average Bonchev–Trinajstić information content (AvgIpc) is 3.02. The van der Waals surface area contributed by atoms with Crippen LogP contribution in [0.5, 0.6) is 0 Å². The lowest BCUT2D eigenvalue weighted by Crippen LogP contribution is -2.69. The number of hydrogen-bond acceptors (Lipinski definition) is 14. The molecule has 1 aromatic heterocycles. The summed E-state index contributed by atoms with van der Waals surface area (Å²) in [6.45, 7) is -0.0928. The van der Waals surface area contributed by atoms with Crippen LogP contribution in [-0.2, 0) is 19.0 Å². The topological polar surface area (TPSA) is 303 Å². The van der Waals surface area contributed by atoms with E-state index in [0.29, 0.717) is 36.4 Å². The highest BCUT2D eigenvalue weighted by atomic mass is 19.1. The molecule has 10 atom stereocenters. The van der Waals surface area contributed by atoms with Crippen molar-refractivity contribution in [1.29, 1.82) is 0 Å². The number of aliphatic hydroxyl groups excluding tert-OH is 6. The van der Waals surface area contributed by atoms with Gasteiger partial charge >= 0.3 is 17.8 Å². The molecule has 2 fully saturated rings. The summed E-state index contributed by atoms with van der Waals surface area (Å²) < 4.78 is 30.4. The SMILES string of the molecule is CC(=O)N[C@H]1[C@@H](O)[C@H](O[C@H]2O[C@@H](CO)[C@@H](O)[C@@H](O)[C@H]2NC(=O)NCCCCCCNC(=O)n2cc(F)c(=O)[nH]c2=O)[C@H](CO)O[C@@H]1O. The van der Waals surface area contributed by atoms with Gasteiger partial charge in [-0.3, -0.25) is 14.6 Å². The molecule has 0 aromatic carbocycles. The van der Waals surface area contributed by atoms with Gasteiger partial charge in [0.15, 0.2) is 12.6 Å². The van der Waals surface area contributed by atoms with Crippen molar-refractivity contribution in [2.24, 2.45) is 0 Å². The Morgan fingerprint density at radius 2 is 1.53 bits per heavy atom. The van der Waals surface area contributed by atoms with Crippen molar-refractivity contribution >= 4 is 18.0 Å². The number of nitrogens with one attached hydrogen (secondary N) is 5. The van der Waals surface area contributed by atoms with Crippen LogP contribution in [0.2, 0.25) is 0 Å². The van der Waals surface area contributed by atoms with Crippen LogP contribution in [0.1, 0.15) is 32.6 Å². The van der Waals surface area contributed by atoms with Gasteiger partial charge in [0.2, 0.25) is 11.7 Å². The largest absolute Gasteiger partial charge is 0.394 e. The fourth-order valence-corrected chi connectivity index (χ4v) is 5.03. The number of aliphatic hydroxyl groups is 6. The van der Waals surface area contributed by atoms with Crippen molar-refractivity contribution in [2.75, 3.05) is 26.3 Å². The maximum atomic E-state index is 13.3. The van der Waals surface area contributed by atoms with Gasteiger partial charge < -0.3 is 66.1 Å². The van der Waals surface area contributed by atoms with E-state index in [-0.39, 0.29) is 13.1 Å². The molecular weight excluding hydrogens is 639 g/mol. The van der Waals surface area contributed by atoms with Gasteiger partial charge in [0.05, 0.1) is 19.4 Å². The van der Waals surface area contributed by atoms with Crippen LogP contribution in [0.25, 0.3) is 0 Å². The normalized spacial score (nSPS) is 30.7. The molecule has 0 aliphatic carbocycles. The average molecular weight is 681 g/mol. The Labute approximate surface area is 265 Å². The molecule has 0 radical (unpaired) electrons. The highest BCUT2D eigenvalue weighted by Crippen LogP contribution is 2.28. The summed E-state index contributed by atoms with van der Waals surface area (Å²) in [6, 6.07) is -4.59. The Balaban J connectivity index is 1.49. The summed E-state index contributed by atoms with van der Waals surface area (Å²) in [5.74, 6) is -1.91. The highest BCUT2D eigenvalue weighted by Gasteiger charge is 2.51. The van der Waals surface area contributed by atoms with E-state index in [1.54, 1.807) is 4.98 Å². The maximum absolute atomic E-state index is 13.3. The number of carbonyl (C=O) groups excluding carboxylic acids is 3. The number of hydrogen-bond donors (Lipinski definition) is 11. The van der Waals surface area contributed by atoms with Crippen LogP contribution in [0.4, 0.5) is 14.0 Å². The van der Waals surface area contributed by atoms with Crippen molar-refractivity contribution in [2.45, 2.75) is 93.9 Å². The Morgan fingerprint density at radius 1 is 0.894 bits per heavy atom. The van der Waals surface area contributed by atoms with Gasteiger partial charge in [-0.05, 0) is 12.8 Å². The van der Waals surface area contributed by atoms with E-state index in [0.717, 1.165) is 6.92 Å². The third-order valence-electron chi connectivity index (χ3n) is 7.49. The summed E-state index contributed by atoms with van der Waals surface area (Å²) in [5, 5.41) is 71.2. The lowest BCUT2D eigenvalue weighted by molar-refractivity contribution is -0.327. The molecule has 0 unspecified atom stereocenters. The lowest BCUT2D eigenvalue weighted by atomic mass is 9.94. The van der Waals surface area contributed by atoms with E-state index in [9.17, 15) is 59.0 Å². The lowest BCUT2D eigenvalue weighted by Gasteiger charge is -2.47. The van der Waals surface area contributed by atoms with E-state index < -0.39 is 110 Å². The standard InChI is InChI=1S/C26H41FN6O14/c1-11(36)30-15-19(39)20(14(10-35)45-22(15)41)47-23-16(18(38)17(37)13(9-34)46-23)31-24(42)28-6-4-2-3-5-7-29-25(43)33-8-12(27)21(40)32-26(33)44/h8,13-20,22-23,34-35,37-39,41H,2-7,9-10H2,1H3,(H,29,43)(H,30,36)(H2,28,31,42)(H,32,40,44)/t13-,14-,15-,16+,17+,18-,19+,20+,22-,23+/m0/s1. The number of rotatable bonds is 13. The molecule has 47 heavy (non-hydrogen) atoms. The molecule has 0 bridgehead atoms. The summed E-state index contributed by atoms with van der Waals surface area (Å²) in [5.41, 5.74) is -2.33. The second-order valence-corrected chi connectivity index (χ2v) is 11.0. The van der Waals surface area contributed by atoms with Gasteiger partial charge in [-0.1, -0.05) is 12.8 Å². The number of urea groups is 1. The van der Waals surface area contributed by atoms with Gasteiger partial charge in [0.25, 0.3) is 5.56 Å². The molecule has 3 heterocycles. The minimum Gasteiger partial charge on any atom is -0.394 e. The summed E-state index contributed by atoms with van der Waals surface area (Å²) in [6.07, 6.45) is -10.00. The fraction of sp³-hybridized carbons (Fsp3) is 0.731. The van der Waals surface area contributed by atoms with Crippen molar-refractivity contribution in [3.8, 4) is 0 Å². The molecule has 2 aliphatic heterocycles. The first kappa shape index (κ1) is 37.9. The van der Waals surface area contributed by atoms with E-state index in [4.69, 9.17) is 14.2 Å². The van der Waals surface area contributed by atoms with Crippen LogP contribution in [0, 0.1) is 5.82 Å². The predicted octanol–water partition coefficient (Wildman–Crippen LogP) is -5.14. The summed E-state index contributed by atoms with van der Waals surface area (Å²) in [4.78, 5) is 60.6. The second kappa shape index (κ2) is 17.6. The van der Waals surface area contributed by atoms with Crippen molar-refractivity contribution in [1.82, 2.24) is 30.8 Å². The number of ether oxygens (including phenoxy) is 3. The van der Waals surface area contributed by atoms with E-state index in [1.807, 2.05) is 0 Å². The van der Waals surface area contributed by atoms with E-state index in [2.05, 4.69) is 21.3 Å². The first-order valence-electron chi connectivity index (χ1n) is 14.8. The van der Waals surface area contributed by atoms with Gasteiger partial charge in [0.1, 0.15) is 48.7 Å². The molecule has 0 saturated carbocycles. The quantitative estimate of drug-likeness (QED) is 0.0869. The zero-order chi connectivity index (χ0) is 34.8. The number of aromatic nitrogens is 2. The Kier molecular flexibility index (Phi) is 14.2. The van der Waals surface area contributed by atoms with E-state index in [1.165, 1.54) is 0 Å². The Morgan fingerprint density at radius 3 is 2.15 bits per heavy atom. The number of halogens is 1. The first-order chi connectivity index (χ1) is 22.3. The minimum absolute atomic E-state index is 0.139. The summed E-state index contributed by atoms with van der Waals surface area (Å²) >= 11 is 0. The zero-order valence-corrected chi connectivity index (χ0v) is 25.3. The van der Waals surface area contributed by atoms with Crippen molar-refractivity contribution in [3.05, 3.63) is 32.9 Å². The van der Waals surface area contributed by atoms with Crippen LogP contribution in [0.15, 0.2) is 15.8 Å². The number of unbranched alkanes of at least 4 members (excludes halogenated alkanes) is 3. The zero-order valence-electron chi connectivity index (χ0n) is 25.3. The molecule has 11 N–H and O–H groups in total. The molecule has 0 spiro atoms. The number of nitrogens with zero attached hydrogens (tertiary/aromatic N) is 1. The number of carbonyl (C=O) groups is 3. The van der Waals surface area contributed by atoms with Gasteiger partial charge in [-0.2, -0.15) is 4.39 Å². The van der Waals surface area contributed by atoms with Crippen LogP contribution in [0.3, 0.4) is 0 Å². The molecule has 2 aliphatic rings. The second-order valence-electron chi connectivity index (χ2n) is 11.0. The van der Waals surface area contributed by atoms with Gasteiger partial charge in [-0.25, -0.2) is 19.0 Å². The molecule has 4 amide bonds.